The Morgan fingerprint density at radius 2 is 2.15 bits per heavy atom. The molecule has 0 unspecified atom stereocenters. The predicted molar refractivity (Wildman–Crippen MR) is 80.1 cm³/mol. The third-order valence-electron chi connectivity index (χ3n) is 4.08. The van der Waals surface area contributed by atoms with Gasteiger partial charge in [0.1, 0.15) is 11.7 Å². The summed E-state index contributed by atoms with van der Waals surface area (Å²) >= 11 is 3.20. The van der Waals surface area contributed by atoms with Crippen LogP contribution in [0, 0.1) is 11.2 Å². The number of likely N-dealkylation sites (tertiary alicyclic amines) is 1. The average Bonchev–Trinajstić information content (AvgIpc) is 2.44. The first-order chi connectivity index (χ1) is 9.44. The van der Waals surface area contributed by atoms with Gasteiger partial charge in [0.05, 0.1) is 4.47 Å². The fraction of sp³-hybridized carbons (Fsp3) is 0.500. The highest BCUT2D eigenvalue weighted by atomic mass is 79.9. The van der Waals surface area contributed by atoms with Crippen LogP contribution in [0.4, 0.5) is 4.39 Å². The molecule has 0 aliphatic carbocycles. The SMILES string of the molecule is CC1(/C(N)=N/O)CCN(Cc2ccc(F)c(Br)c2)CC1. The van der Waals surface area contributed by atoms with E-state index in [0.717, 1.165) is 38.0 Å². The second-order valence-electron chi connectivity index (χ2n) is 5.57. The van der Waals surface area contributed by atoms with Gasteiger partial charge in [-0.1, -0.05) is 18.1 Å². The highest BCUT2D eigenvalue weighted by molar-refractivity contribution is 9.10. The molecule has 2 rings (SSSR count). The van der Waals surface area contributed by atoms with Crippen molar-refractivity contribution in [3.63, 3.8) is 0 Å². The van der Waals surface area contributed by atoms with E-state index < -0.39 is 0 Å². The Labute approximate surface area is 126 Å². The van der Waals surface area contributed by atoms with Crippen LogP contribution in [0.1, 0.15) is 25.3 Å². The van der Waals surface area contributed by atoms with Crippen molar-refractivity contribution in [1.82, 2.24) is 4.90 Å². The summed E-state index contributed by atoms with van der Waals surface area (Å²) in [4.78, 5) is 2.30. The van der Waals surface area contributed by atoms with Crippen molar-refractivity contribution in [2.24, 2.45) is 16.3 Å². The number of benzene rings is 1. The highest BCUT2D eigenvalue weighted by Gasteiger charge is 2.34. The lowest BCUT2D eigenvalue weighted by molar-refractivity contribution is 0.153. The van der Waals surface area contributed by atoms with E-state index >= 15 is 0 Å². The van der Waals surface area contributed by atoms with Gasteiger partial charge >= 0.3 is 0 Å². The Bertz CT molecular complexity index is 513. The molecule has 4 nitrogen and oxygen atoms in total. The second kappa shape index (κ2) is 6.10. The largest absolute Gasteiger partial charge is 0.409 e. The summed E-state index contributed by atoms with van der Waals surface area (Å²) in [6.45, 7) is 4.56. The molecule has 0 aromatic heterocycles. The van der Waals surface area contributed by atoms with Crippen LogP contribution in [0.15, 0.2) is 27.8 Å². The zero-order valence-electron chi connectivity index (χ0n) is 11.4. The lowest BCUT2D eigenvalue weighted by Crippen LogP contribution is -2.45. The normalized spacial score (nSPS) is 20.1. The molecule has 1 saturated heterocycles. The number of nitrogens with zero attached hydrogens (tertiary/aromatic N) is 2. The van der Waals surface area contributed by atoms with Crippen LogP contribution < -0.4 is 5.73 Å². The average molecular weight is 344 g/mol. The smallest absolute Gasteiger partial charge is 0.145 e. The van der Waals surface area contributed by atoms with E-state index in [1.165, 1.54) is 6.07 Å². The highest BCUT2D eigenvalue weighted by Crippen LogP contribution is 2.31. The number of halogens is 2. The number of oxime groups is 1. The minimum Gasteiger partial charge on any atom is -0.409 e. The van der Waals surface area contributed by atoms with E-state index in [0.29, 0.717) is 10.3 Å². The molecule has 0 bridgehead atoms. The summed E-state index contributed by atoms with van der Waals surface area (Å²) in [7, 11) is 0. The molecule has 110 valence electrons. The van der Waals surface area contributed by atoms with Crippen molar-refractivity contribution in [2.75, 3.05) is 13.1 Å². The fourth-order valence-electron chi connectivity index (χ4n) is 2.48. The van der Waals surface area contributed by atoms with Gasteiger partial charge in [-0.05, 0) is 59.6 Å². The van der Waals surface area contributed by atoms with E-state index in [1.54, 1.807) is 6.07 Å². The first kappa shape index (κ1) is 15.3. The van der Waals surface area contributed by atoms with Gasteiger partial charge < -0.3 is 10.9 Å². The van der Waals surface area contributed by atoms with Gasteiger partial charge in [0.25, 0.3) is 0 Å². The zero-order valence-corrected chi connectivity index (χ0v) is 13.0. The first-order valence-corrected chi connectivity index (χ1v) is 7.38. The van der Waals surface area contributed by atoms with Crippen molar-refractivity contribution < 1.29 is 9.60 Å². The molecule has 6 heteroatoms. The van der Waals surface area contributed by atoms with Crippen molar-refractivity contribution in [1.29, 1.82) is 0 Å². The standard InChI is InChI=1S/C14H19BrFN3O/c1-14(13(17)18-20)4-6-19(7-5-14)9-10-2-3-12(16)11(15)8-10/h2-3,8,20H,4-7,9H2,1H3,(H2,17,18). The third kappa shape index (κ3) is 3.30. The molecule has 0 spiro atoms. The van der Waals surface area contributed by atoms with Crippen molar-refractivity contribution >= 4 is 21.8 Å². The summed E-state index contributed by atoms with van der Waals surface area (Å²) < 4.78 is 13.7. The molecular weight excluding hydrogens is 325 g/mol. The Hall–Kier alpha value is -1.14. The second-order valence-corrected chi connectivity index (χ2v) is 6.42. The van der Waals surface area contributed by atoms with Crippen LogP contribution >= 0.6 is 15.9 Å². The Morgan fingerprint density at radius 3 is 2.70 bits per heavy atom. The number of nitrogens with two attached hydrogens (primary N) is 1. The van der Waals surface area contributed by atoms with Gasteiger partial charge in [0.15, 0.2) is 0 Å². The maximum absolute atomic E-state index is 13.2. The third-order valence-corrected chi connectivity index (χ3v) is 4.68. The van der Waals surface area contributed by atoms with E-state index in [4.69, 9.17) is 10.9 Å². The molecule has 1 aromatic carbocycles. The van der Waals surface area contributed by atoms with Crippen LogP contribution in [0.2, 0.25) is 0 Å². The molecule has 0 amide bonds. The van der Waals surface area contributed by atoms with Crippen LogP contribution in [0.3, 0.4) is 0 Å². The zero-order chi connectivity index (χ0) is 14.8. The Kier molecular flexibility index (Phi) is 4.65. The lowest BCUT2D eigenvalue weighted by Gasteiger charge is -2.38. The summed E-state index contributed by atoms with van der Waals surface area (Å²) in [5, 5.41) is 12.0. The quantitative estimate of drug-likeness (QED) is 0.384. The molecule has 1 aliphatic rings. The first-order valence-electron chi connectivity index (χ1n) is 6.59. The molecular formula is C14H19BrFN3O. The summed E-state index contributed by atoms with van der Waals surface area (Å²) in [5.41, 5.74) is 6.60. The molecule has 1 heterocycles. The van der Waals surface area contributed by atoms with Crippen molar-refractivity contribution in [2.45, 2.75) is 26.3 Å². The summed E-state index contributed by atoms with van der Waals surface area (Å²) in [6.07, 6.45) is 1.70. The number of piperidine rings is 1. The summed E-state index contributed by atoms with van der Waals surface area (Å²) in [5.74, 6) is 0.0635. The van der Waals surface area contributed by atoms with Crippen molar-refractivity contribution in [3.05, 3.63) is 34.1 Å². The van der Waals surface area contributed by atoms with Gasteiger partial charge in [-0.15, -0.1) is 0 Å². The van der Waals surface area contributed by atoms with Crippen LogP contribution in [0.5, 0.6) is 0 Å². The van der Waals surface area contributed by atoms with Gasteiger partial charge in [0, 0.05) is 12.0 Å². The summed E-state index contributed by atoms with van der Waals surface area (Å²) in [6, 6.07) is 5.09. The topological polar surface area (TPSA) is 61.9 Å². The van der Waals surface area contributed by atoms with Gasteiger partial charge in [0.2, 0.25) is 0 Å². The maximum atomic E-state index is 13.2. The Morgan fingerprint density at radius 1 is 1.50 bits per heavy atom. The van der Waals surface area contributed by atoms with Crippen LogP contribution in [-0.4, -0.2) is 29.0 Å². The maximum Gasteiger partial charge on any atom is 0.145 e. The number of amidine groups is 1. The van der Waals surface area contributed by atoms with E-state index in [1.807, 2.05) is 13.0 Å². The molecule has 1 aliphatic heterocycles. The van der Waals surface area contributed by atoms with E-state index in [2.05, 4.69) is 26.0 Å². The molecule has 0 saturated carbocycles. The van der Waals surface area contributed by atoms with E-state index in [9.17, 15) is 4.39 Å². The molecule has 1 aromatic rings. The monoisotopic (exact) mass is 343 g/mol. The Balaban J connectivity index is 1.96. The molecule has 0 radical (unpaired) electrons. The van der Waals surface area contributed by atoms with Crippen LogP contribution in [0.25, 0.3) is 0 Å². The van der Waals surface area contributed by atoms with Gasteiger partial charge in [-0.2, -0.15) is 0 Å². The minimum absolute atomic E-state index is 0.228. The molecule has 3 N–H and O–H groups in total. The molecule has 1 fully saturated rings. The minimum atomic E-state index is -0.244. The predicted octanol–water partition coefficient (Wildman–Crippen LogP) is 2.94. The van der Waals surface area contributed by atoms with Gasteiger partial charge in [-0.3, -0.25) is 4.90 Å². The lowest BCUT2D eigenvalue weighted by atomic mass is 9.79. The number of hydrogen-bond acceptors (Lipinski definition) is 3. The van der Waals surface area contributed by atoms with E-state index in [-0.39, 0.29) is 11.2 Å². The van der Waals surface area contributed by atoms with Crippen LogP contribution in [-0.2, 0) is 6.54 Å². The molecule has 20 heavy (non-hydrogen) atoms. The molecule has 0 atom stereocenters. The number of hydrogen-bond donors (Lipinski definition) is 2. The van der Waals surface area contributed by atoms with Gasteiger partial charge in [-0.25, -0.2) is 4.39 Å². The fourth-order valence-corrected chi connectivity index (χ4v) is 2.90. The van der Waals surface area contributed by atoms with Crippen molar-refractivity contribution in [3.8, 4) is 0 Å². The number of rotatable bonds is 3.